The number of urea groups is 1. The second-order valence-corrected chi connectivity index (χ2v) is 5.07. The molecule has 6 nitrogen and oxygen atoms in total. The fourth-order valence-electron chi connectivity index (χ4n) is 1.63. The highest BCUT2D eigenvalue weighted by Crippen LogP contribution is 2.19. The van der Waals surface area contributed by atoms with E-state index in [1.807, 2.05) is 19.0 Å². The highest BCUT2D eigenvalue weighted by molar-refractivity contribution is 6.31. The molecule has 1 aromatic carbocycles. The highest BCUT2D eigenvalue weighted by Gasteiger charge is 2.06. The van der Waals surface area contributed by atoms with Crippen LogP contribution in [0.15, 0.2) is 30.5 Å². The Morgan fingerprint density at radius 3 is 2.82 bits per heavy atom. The number of hydrogen-bond acceptors (Lipinski definition) is 4. The molecular formula is C14H15ClFN5O. The standard InChI is InChI=1S/C14H15ClFN5O/c1-21(2)13-5-6-17-12(20-13)8-18-14(22)19-9-3-4-11(16)10(15)7-9/h3-7H,8H2,1-2H3,(H2,18,19,22). The molecule has 2 rings (SSSR count). The Morgan fingerprint density at radius 1 is 1.36 bits per heavy atom. The first-order valence-electron chi connectivity index (χ1n) is 6.45. The molecule has 0 saturated heterocycles. The predicted octanol–water partition coefficient (Wildman–Crippen LogP) is 2.66. The van der Waals surface area contributed by atoms with Gasteiger partial charge in [-0.1, -0.05) is 11.6 Å². The van der Waals surface area contributed by atoms with Gasteiger partial charge in [0, 0.05) is 26.0 Å². The van der Waals surface area contributed by atoms with Crippen molar-refractivity contribution in [1.29, 1.82) is 0 Å². The van der Waals surface area contributed by atoms with Gasteiger partial charge < -0.3 is 15.5 Å². The van der Waals surface area contributed by atoms with Gasteiger partial charge in [-0.15, -0.1) is 0 Å². The van der Waals surface area contributed by atoms with Crippen molar-refractivity contribution in [3.63, 3.8) is 0 Å². The van der Waals surface area contributed by atoms with Gasteiger partial charge >= 0.3 is 6.03 Å². The predicted molar refractivity (Wildman–Crippen MR) is 83.6 cm³/mol. The molecule has 0 aliphatic carbocycles. The van der Waals surface area contributed by atoms with Gasteiger partial charge in [0.15, 0.2) is 0 Å². The number of benzene rings is 1. The third kappa shape index (κ3) is 4.29. The highest BCUT2D eigenvalue weighted by atomic mass is 35.5. The monoisotopic (exact) mass is 323 g/mol. The number of carbonyl (C=O) groups excluding carboxylic acids is 1. The van der Waals surface area contributed by atoms with E-state index in [1.165, 1.54) is 18.2 Å². The molecule has 1 heterocycles. The lowest BCUT2D eigenvalue weighted by Crippen LogP contribution is -2.29. The average Bonchev–Trinajstić information content (AvgIpc) is 2.49. The van der Waals surface area contributed by atoms with Gasteiger partial charge in [-0.05, 0) is 24.3 Å². The first-order chi connectivity index (χ1) is 10.5. The molecule has 0 radical (unpaired) electrons. The van der Waals surface area contributed by atoms with Crippen LogP contribution < -0.4 is 15.5 Å². The molecule has 0 atom stereocenters. The summed E-state index contributed by atoms with van der Waals surface area (Å²) in [6.45, 7) is 0.169. The lowest BCUT2D eigenvalue weighted by atomic mass is 10.3. The molecule has 2 aromatic rings. The van der Waals surface area contributed by atoms with Crippen LogP contribution in [0.25, 0.3) is 0 Å². The van der Waals surface area contributed by atoms with Crippen LogP contribution in [0.2, 0.25) is 5.02 Å². The number of carbonyl (C=O) groups is 1. The molecule has 22 heavy (non-hydrogen) atoms. The minimum absolute atomic E-state index is 0.0557. The smallest absolute Gasteiger partial charge is 0.319 e. The van der Waals surface area contributed by atoms with Crippen molar-refractivity contribution < 1.29 is 9.18 Å². The summed E-state index contributed by atoms with van der Waals surface area (Å²) in [5, 5.41) is 5.11. The molecule has 8 heteroatoms. The SMILES string of the molecule is CN(C)c1ccnc(CNC(=O)Nc2ccc(F)c(Cl)c2)n1. The number of nitrogens with one attached hydrogen (secondary N) is 2. The van der Waals surface area contributed by atoms with Crippen molar-refractivity contribution in [2.45, 2.75) is 6.54 Å². The van der Waals surface area contributed by atoms with Gasteiger partial charge in [0.1, 0.15) is 17.5 Å². The summed E-state index contributed by atoms with van der Waals surface area (Å²) in [6, 6.07) is 5.25. The third-order valence-corrected chi connectivity index (χ3v) is 3.02. The zero-order valence-electron chi connectivity index (χ0n) is 12.1. The van der Waals surface area contributed by atoms with Gasteiger partial charge in [0.2, 0.25) is 0 Å². The first kappa shape index (κ1) is 16.0. The number of anilines is 2. The summed E-state index contributed by atoms with van der Waals surface area (Å²) in [7, 11) is 3.73. The van der Waals surface area contributed by atoms with Gasteiger partial charge in [-0.25, -0.2) is 19.2 Å². The molecule has 0 saturated carbocycles. The topological polar surface area (TPSA) is 70.2 Å². The zero-order chi connectivity index (χ0) is 16.1. The Morgan fingerprint density at radius 2 is 2.14 bits per heavy atom. The zero-order valence-corrected chi connectivity index (χ0v) is 12.9. The van der Waals surface area contributed by atoms with E-state index in [1.54, 1.807) is 12.3 Å². The van der Waals surface area contributed by atoms with Gasteiger partial charge in [-0.2, -0.15) is 0 Å². The van der Waals surface area contributed by atoms with Crippen LogP contribution in [0.1, 0.15) is 5.82 Å². The summed E-state index contributed by atoms with van der Waals surface area (Å²) in [5.41, 5.74) is 0.395. The molecule has 116 valence electrons. The number of halogens is 2. The van der Waals surface area contributed by atoms with Crippen molar-refractivity contribution in [2.75, 3.05) is 24.3 Å². The summed E-state index contributed by atoms with van der Waals surface area (Å²) < 4.78 is 13.0. The Bertz CT molecular complexity index is 680. The molecule has 0 spiro atoms. The van der Waals surface area contributed by atoms with Crippen LogP contribution in [0.5, 0.6) is 0 Å². The van der Waals surface area contributed by atoms with E-state index >= 15 is 0 Å². The Balaban J connectivity index is 1.92. The normalized spacial score (nSPS) is 10.2. The fourth-order valence-corrected chi connectivity index (χ4v) is 1.81. The molecule has 1 aromatic heterocycles. The summed E-state index contributed by atoms with van der Waals surface area (Å²) in [4.78, 5) is 22.0. The molecule has 0 fully saturated rings. The minimum Gasteiger partial charge on any atom is -0.363 e. The van der Waals surface area contributed by atoms with Crippen LogP contribution in [0.3, 0.4) is 0 Å². The third-order valence-electron chi connectivity index (χ3n) is 2.73. The van der Waals surface area contributed by atoms with Crippen LogP contribution >= 0.6 is 11.6 Å². The van der Waals surface area contributed by atoms with Crippen molar-refractivity contribution in [2.24, 2.45) is 0 Å². The van der Waals surface area contributed by atoms with E-state index < -0.39 is 11.8 Å². The molecule has 0 bridgehead atoms. The lowest BCUT2D eigenvalue weighted by molar-refractivity contribution is 0.251. The van der Waals surface area contributed by atoms with Gasteiger partial charge in [0.05, 0.1) is 11.6 Å². The van der Waals surface area contributed by atoms with Crippen LogP contribution in [-0.2, 0) is 6.54 Å². The maximum Gasteiger partial charge on any atom is 0.319 e. The van der Waals surface area contributed by atoms with Crippen molar-refractivity contribution >= 4 is 29.1 Å². The maximum absolute atomic E-state index is 13.0. The molecule has 2 amide bonds. The molecule has 0 aliphatic rings. The Hall–Kier alpha value is -2.41. The second-order valence-electron chi connectivity index (χ2n) is 4.66. The molecule has 2 N–H and O–H groups in total. The largest absolute Gasteiger partial charge is 0.363 e. The molecular weight excluding hydrogens is 309 g/mol. The quantitative estimate of drug-likeness (QED) is 0.907. The number of rotatable bonds is 4. The van der Waals surface area contributed by atoms with Gasteiger partial charge in [-0.3, -0.25) is 0 Å². The summed E-state index contributed by atoms with van der Waals surface area (Å²) in [5.74, 6) is 0.692. The van der Waals surface area contributed by atoms with E-state index in [0.717, 1.165) is 5.82 Å². The Kier molecular flexibility index (Phi) is 5.11. The minimum atomic E-state index is -0.540. The van der Waals surface area contributed by atoms with Crippen molar-refractivity contribution in [3.05, 3.63) is 47.1 Å². The number of aromatic nitrogens is 2. The number of hydrogen-bond donors (Lipinski definition) is 2. The number of nitrogens with zero attached hydrogens (tertiary/aromatic N) is 3. The molecule has 0 aliphatic heterocycles. The van der Waals surface area contributed by atoms with E-state index in [9.17, 15) is 9.18 Å². The maximum atomic E-state index is 13.0. The Labute approximate surface area is 132 Å². The van der Waals surface area contributed by atoms with Crippen molar-refractivity contribution in [1.82, 2.24) is 15.3 Å². The number of amides is 2. The van der Waals surface area contributed by atoms with E-state index in [2.05, 4.69) is 20.6 Å². The fraction of sp³-hybridized carbons (Fsp3) is 0.214. The van der Waals surface area contributed by atoms with E-state index in [4.69, 9.17) is 11.6 Å². The van der Waals surface area contributed by atoms with Crippen LogP contribution in [0.4, 0.5) is 20.7 Å². The van der Waals surface area contributed by atoms with Crippen LogP contribution in [-0.4, -0.2) is 30.1 Å². The summed E-state index contributed by atoms with van der Waals surface area (Å²) >= 11 is 5.65. The van der Waals surface area contributed by atoms with Crippen LogP contribution in [0, 0.1) is 5.82 Å². The van der Waals surface area contributed by atoms with Gasteiger partial charge in [0.25, 0.3) is 0 Å². The van der Waals surface area contributed by atoms with E-state index in [0.29, 0.717) is 11.5 Å². The van der Waals surface area contributed by atoms with E-state index in [-0.39, 0.29) is 11.6 Å². The lowest BCUT2D eigenvalue weighted by Gasteiger charge is -2.12. The molecule has 0 unspecified atom stereocenters. The first-order valence-corrected chi connectivity index (χ1v) is 6.82. The van der Waals surface area contributed by atoms with Crippen molar-refractivity contribution in [3.8, 4) is 0 Å². The summed E-state index contributed by atoms with van der Waals surface area (Å²) in [6.07, 6.45) is 1.62. The average molecular weight is 324 g/mol. The second kappa shape index (κ2) is 7.04.